The molecule has 12 heavy (non-hydrogen) atoms. The fraction of sp³-hybridized carbons (Fsp3) is 0.667. The van der Waals surface area contributed by atoms with E-state index in [0.29, 0.717) is 12.6 Å². The lowest BCUT2D eigenvalue weighted by Crippen LogP contribution is -2.28. The number of hydrogen-bond donors (Lipinski definition) is 1. The van der Waals surface area contributed by atoms with Crippen LogP contribution in [-0.2, 0) is 4.79 Å². The maximum Gasteiger partial charge on any atom is 0.328 e. The van der Waals surface area contributed by atoms with Gasteiger partial charge in [0.05, 0.1) is 0 Å². The summed E-state index contributed by atoms with van der Waals surface area (Å²) in [6.07, 6.45) is 1.25. The molecule has 3 nitrogen and oxygen atoms in total. The summed E-state index contributed by atoms with van der Waals surface area (Å²) in [5.74, 6) is -0.871. The topological polar surface area (TPSA) is 40.5 Å². The highest BCUT2D eigenvalue weighted by atomic mass is 16.4. The minimum Gasteiger partial charge on any atom is -0.478 e. The SMILES string of the molecule is CC(=CC(=O)O)CN(C)C(C)C. The van der Waals surface area contributed by atoms with Crippen molar-refractivity contribution in [3.05, 3.63) is 11.6 Å². The Morgan fingerprint density at radius 2 is 2.08 bits per heavy atom. The Morgan fingerprint density at radius 3 is 2.42 bits per heavy atom. The van der Waals surface area contributed by atoms with Crippen molar-refractivity contribution < 1.29 is 9.90 Å². The van der Waals surface area contributed by atoms with Gasteiger partial charge in [-0.1, -0.05) is 5.57 Å². The first-order valence-corrected chi connectivity index (χ1v) is 4.03. The van der Waals surface area contributed by atoms with E-state index in [1.165, 1.54) is 6.08 Å². The summed E-state index contributed by atoms with van der Waals surface area (Å²) in [6, 6.07) is 0.446. The molecule has 0 aromatic heterocycles. The summed E-state index contributed by atoms with van der Waals surface area (Å²) >= 11 is 0. The molecule has 0 aliphatic heterocycles. The van der Waals surface area contributed by atoms with Crippen molar-refractivity contribution in [3.63, 3.8) is 0 Å². The molecule has 0 aromatic rings. The molecule has 0 saturated carbocycles. The van der Waals surface area contributed by atoms with Crippen molar-refractivity contribution in [1.82, 2.24) is 4.90 Å². The maximum atomic E-state index is 10.3. The van der Waals surface area contributed by atoms with Crippen molar-refractivity contribution in [2.24, 2.45) is 0 Å². The first-order chi connectivity index (χ1) is 5.43. The predicted molar refractivity (Wildman–Crippen MR) is 49.2 cm³/mol. The Balaban J connectivity index is 4.00. The van der Waals surface area contributed by atoms with Gasteiger partial charge in [0.15, 0.2) is 0 Å². The second-order valence-electron chi connectivity index (χ2n) is 3.34. The number of carboxylic acids is 1. The fourth-order valence-corrected chi connectivity index (χ4v) is 0.832. The number of likely N-dealkylation sites (N-methyl/N-ethyl adjacent to an activating group) is 1. The van der Waals surface area contributed by atoms with Crippen LogP contribution in [0.3, 0.4) is 0 Å². The van der Waals surface area contributed by atoms with Crippen LogP contribution >= 0.6 is 0 Å². The molecule has 0 aliphatic carbocycles. The number of hydrogen-bond acceptors (Lipinski definition) is 2. The van der Waals surface area contributed by atoms with Crippen LogP contribution in [0.25, 0.3) is 0 Å². The second kappa shape index (κ2) is 4.93. The zero-order valence-corrected chi connectivity index (χ0v) is 8.16. The van der Waals surface area contributed by atoms with Gasteiger partial charge in [-0.3, -0.25) is 0 Å². The molecule has 3 heteroatoms. The van der Waals surface area contributed by atoms with Crippen molar-refractivity contribution in [2.45, 2.75) is 26.8 Å². The molecule has 0 rings (SSSR count). The number of carboxylic acid groups (broad SMARTS) is 1. The highest BCUT2D eigenvalue weighted by Gasteiger charge is 2.03. The highest BCUT2D eigenvalue weighted by molar-refractivity contribution is 5.80. The molecule has 70 valence electrons. The van der Waals surface area contributed by atoms with E-state index in [9.17, 15) is 4.79 Å². The van der Waals surface area contributed by atoms with Gasteiger partial charge < -0.3 is 10.0 Å². The van der Waals surface area contributed by atoms with Crippen molar-refractivity contribution in [1.29, 1.82) is 0 Å². The summed E-state index contributed by atoms with van der Waals surface area (Å²) in [6.45, 7) is 6.69. The van der Waals surface area contributed by atoms with Gasteiger partial charge in [-0.05, 0) is 27.8 Å². The third-order valence-electron chi connectivity index (χ3n) is 1.75. The van der Waals surface area contributed by atoms with Gasteiger partial charge in [-0.2, -0.15) is 0 Å². The van der Waals surface area contributed by atoms with E-state index in [0.717, 1.165) is 5.57 Å². The Bertz CT molecular complexity index is 185. The van der Waals surface area contributed by atoms with Gasteiger partial charge in [0, 0.05) is 18.7 Å². The van der Waals surface area contributed by atoms with E-state index in [1.54, 1.807) is 0 Å². The van der Waals surface area contributed by atoms with Gasteiger partial charge >= 0.3 is 5.97 Å². The third kappa shape index (κ3) is 4.91. The summed E-state index contributed by atoms with van der Waals surface area (Å²) in [7, 11) is 1.98. The van der Waals surface area contributed by atoms with Crippen LogP contribution in [0.2, 0.25) is 0 Å². The molecule has 0 spiro atoms. The lowest BCUT2D eigenvalue weighted by atomic mass is 10.2. The molecule has 0 aliphatic rings. The Morgan fingerprint density at radius 1 is 1.58 bits per heavy atom. The maximum absolute atomic E-state index is 10.3. The number of rotatable bonds is 4. The highest BCUT2D eigenvalue weighted by Crippen LogP contribution is 2.00. The average Bonchev–Trinajstić information content (AvgIpc) is 1.84. The molecule has 1 N–H and O–H groups in total. The van der Waals surface area contributed by atoms with Crippen LogP contribution < -0.4 is 0 Å². The van der Waals surface area contributed by atoms with Gasteiger partial charge in [0.25, 0.3) is 0 Å². The van der Waals surface area contributed by atoms with Gasteiger partial charge in [0.2, 0.25) is 0 Å². The molecule has 0 bridgehead atoms. The molecule has 0 atom stereocenters. The predicted octanol–water partition coefficient (Wildman–Crippen LogP) is 1.36. The third-order valence-corrected chi connectivity index (χ3v) is 1.75. The van der Waals surface area contributed by atoms with Crippen LogP contribution in [-0.4, -0.2) is 35.6 Å². The monoisotopic (exact) mass is 171 g/mol. The molecule has 0 heterocycles. The largest absolute Gasteiger partial charge is 0.478 e. The van der Waals surface area contributed by atoms with Crippen molar-refractivity contribution in [3.8, 4) is 0 Å². The Hall–Kier alpha value is -0.830. The summed E-state index contributed by atoms with van der Waals surface area (Å²) in [4.78, 5) is 12.4. The average molecular weight is 171 g/mol. The lowest BCUT2D eigenvalue weighted by Gasteiger charge is -2.20. The number of aliphatic carboxylic acids is 1. The quantitative estimate of drug-likeness (QED) is 0.649. The van der Waals surface area contributed by atoms with E-state index < -0.39 is 5.97 Å². The molecule has 0 aromatic carbocycles. The van der Waals surface area contributed by atoms with Gasteiger partial charge in [0.1, 0.15) is 0 Å². The molecule has 0 amide bonds. The van der Waals surface area contributed by atoms with E-state index in [-0.39, 0.29) is 0 Å². The zero-order chi connectivity index (χ0) is 9.72. The molecular formula is C9H17NO2. The van der Waals surface area contributed by atoms with Gasteiger partial charge in [-0.15, -0.1) is 0 Å². The minimum absolute atomic E-state index is 0.446. The first-order valence-electron chi connectivity index (χ1n) is 4.03. The van der Waals surface area contributed by atoms with Crippen LogP contribution in [0.5, 0.6) is 0 Å². The summed E-state index contributed by atoms with van der Waals surface area (Å²) in [5.41, 5.74) is 0.874. The Labute approximate surface area is 73.7 Å². The first kappa shape index (κ1) is 11.2. The zero-order valence-electron chi connectivity index (χ0n) is 8.16. The number of carbonyl (C=O) groups is 1. The van der Waals surface area contributed by atoms with Crippen LogP contribution in [0.4, 0.5) is 0 Å². The standard InChI is InChI=1S/C9H17NO2/c1-7(2)10(4)6-8(3)5-9(11)12/h5,7H,6H2,1-4H3,(H,11,12). The smallest absolute Gasteiger partial charge is 0.328 e. The van der Waals surface area contributed by atoms with E-state index in [2.05, 4.69) is 18.7 Å². The van der Waals surface area contributed by atoms with E-state index in [4.69, 9.17) is 5.11 Å². The van der Waals surface area contributed by atoms with Gasteiger partial charge in [-0.25, -0.2) is 4.79 Å². The normalized spacial score (nSPS) is 12.7. The van der Waals surface area contributed by atoms with Crippen LogP contribution in [0, 0.1) is 0 Å². The molecule has 0 unspecified atom stereocenters. The fourth-order valence-electron chi connectivity index (χ4n) is 0.832. The second-order valence-corrected chi connectivity index (χ2v) is 3.34. The van der Waals surface area contributed by atoms with E-state index in [1.807, 2.05) is 14.0 Å². The Kier molecular flexibility index (Phi) is 4.59. The summed E-state index contributed by atoms with van der Waals surface area (Å²) in [5, 5.41) is 8.44. The van der Waals surface area contributed by atoms with Crippen molar-refractivity contribution in [2.75, 3.05) is 13.6 Å². The van der Waals surface area contributed by atoms with Crippen LogP contribution in [0.1, 0.15) is 20.8 Å². The van der Waals surface area contributed by atoms with E-state index >= 15 is 0 Å². The lowest BCUT2D eigenvalue weighted by molar-refractivity contribution is -0.131. The minimum atomic E-state index is -0.871. The summed E-state index contributed by atoms with van der Waals surface area (Å²) < 4.78 is 0. The molecular weight excluding hydrogens is 154 g/mol. The van der Waals surface area contributed by atoms with Crippen molar-refractivity contribution >= 4 is 5.97 Å². The molecule has 0 saturated heterocycles. The molecule has 0 radical (unpaired) electrons. The van der Waals surface area contributed by atoms with Crippen LogP contribution in [0.15, 0.2) is 11.6 Å². The number of nitrogens with zero attached hydrogens (tertiary/aromatic N) is 1. The molecule has 0 fully saturated rings.